The maximum absolute atomic E-state index is 11.1. The molecule has 0 aliphatic heterocycles. The number of ether oxygens (including phenoxy) is 9. The van der Waals surface area contributed by atoms with Gasteiger partial charge < -0.3 is 42.6 Å². The highest BCUT2D eigenvalue weighted by Gasteiger charge is 1.99. The molecule has 0 rings (SSSR count). The van der Waals surface area contributed by atoms with Crippen LogP contribution < -0.4 is 0 Å². The Morgan fingerprint density at radius 2 is 0.848 bits per heavy atom. The fourth-order valence-corrected chi connectivity index (χ4v) is 2.20. The van der Waals surface area contributed by atoms with Gasteiger partial charge in [-0.3, -0.25) is 4.79 Å². The summed E-state index contributed by atoms with van der Waals surface area (Å²) in [6.07, 6.45) is 2.94. The number of carbonyl (C=O) groups excluding carboxylic acids is 1. The standard InChI is InChI=1S/C23H44O10/c1-3-5-23(24)33-22-21-32-20-19-31-18-17-30-16-15-29-14-13-28-12-11-27-10-9-26-8-7-25-6-4-2/h4H,2-3,5-22H2,1H3. The number of esters is 1. The van der Waals surface area contributed by atoms with E-state index in [2.05, 4.69) is 6.58 Å². The number of carbonyl (C=O) groups is 1. The molecule has 0 saturated carbocycles. The van der Waals surface area contributed by atoms with Crippen LogP contribution in [-0.4, -0.2) is 118 Å². The van der Waals surface area contributed by atoms with Crippen molar-refractivity contribution in [2.24, 2.45) is 0 Å². The van der Waals surface area contributed by atoms with Gasteiger partial charge in [0.15, 0.2) is 0 Å². The van der Waals surface area contributed by atoms with E-state index in [1.54, 1.807) is 6.08 Å². The first-order valence-electron chi connectivity index (χ1n) is 11.7. The van der Waals surface area contributed by atoms with E-state index in [9.17, 15) is 4.79 Å². The largest absolute Gasteiger partial charge is 0.463 e. The number of hydrogen-bond donors (Lipinski definition) is 0. The summed E-state index contributed by atoms with van der Waals surface area (Å²) >= 11 is 0. The average molecular weight is 481 g/mol. The predicted molar refractivity (Wildman–Crippen MR) is 123 cm³/mol. The van der Waals surface area contributed by atoms with Crippen molar-refractivity contribution in [3.05, 3.63) is 12.7 Å². The lowest BCUT2D eigenvalue weighted by Crippen LogP contribution is -2.15. The Kier molecular flexibility index (Phi) is 27.9. The molecule has 0 fully saturated rings. The van der Waals surface area contributed by atoms with Crippen LogP contribution in [0.2, 0.25) is 0 Å². The number of rotatable bonds is 28. The molecule has 0 aliphatic carbocycles. The van der Waals surface area contributed by atoms with E-state index in [0.717, 1.165) is 6.42 Å². The predicted octanol–water partition coefficient (Wildman–Crippen LogP) is 1.65. The smallest absolute Gasteiger partial charge is 0.305 e. The van der Waals surface area contributed by atoms with Gasteiger partial charge in [-0.2, -0.15) is 0 Å². The maximum Gasteiger partial charge on any atom is 0.305 e. The van der Waals surface area contributed by atoms with E-state index in [1.807, 2.05) is 6.92 Å². The molecule has 10 nitrogen and oxygen atoms in total. The Morgan fingerprint density at radius 3 is 1.15 bits per heavy atom. The quantitative estimate of drug-likeness (QED) is 0.0933. The average Bonchev–Trinajstić information content (AvgIpc) is 2.81. The Bertz CT molecular complexity index is 409. The molecule has 0 spiro atoms. The maximum atomic E-state index is 11.1. The van der Waals surface area contributed by atoms with Crippen molar-refractivity contribution in [1.82, 2.24) is 0 Å². The first kappa shape index (κ1) is 31.9. The summed E-state index contributed by atoms with van der Waals surface area (Å²) in [5, 5.41) is 0. The van der Waals surface area contributed by atoms with Crippen molar-refractivity contribution in [3.8, 4) is 0 Å². The molecule has 0 saturated heterocycles. The zero-order chi connectivity index (χ0) is 24.1. The van der Waals surface area contributed by atoms with Gasteiger partial charge in [0.05, 0.1) is 106 Å². The van der Waals surface area contributed by atoms with Crippen LogP contribution in [-0.2, 0) is 47.4 Å². The third-order valence-electron chi connectivity index (χ3n) is 3.78. The third-order valence-corrected chi connectivity index (χ3v) is 3.78. The summed E-state index contributed by atoms with van der Waals surface area (Å²) in [5.41, 5.74) is 0. The minimum Gasteiger partial charge on any atom is -0.463 e. The molecule has 0 aromatic rings. The highest BCUT2D eigenvalue weighted by molar-refractivity contribution is 5.69. The monoisotopic (exact) mass is 480 g/mol. The van der Waals surface area contributed by atoms with Crippen molar-refractivity contribution in [3.63, 3.8) is 0 Å². The molecular formula is C23H44O10. The molecule has 0 aromatic heterocycles. The van der Waals surface area contributed by atoms with E-state index in [4.69, 9.17) is 42.6 Å². The van der Waals surface area contributed by atoms with Crippen LogP contribution in [0.15, 0.2) is 12.7 Å². The summed E-state index contributed by atoms with van der Waals surface area (Å²) in [7, 11) is 0. The van der Waals surface area contributed by atoms with Crippen LogP contribution >= 0.6 is 0 Å². The van der Waals surface area contributed by atoms with E-state index < -0.39 is 0 Å². The lowest BCUT2D eigenvalue weighted by molar-refractivity contribution is -0.145. The van der Waals surface area contributed by atoms with Gasteiger partial charge in [0.1, 0.15) is 6.61 Å². The molecule has 0 bridgehead atoms. The van der Waals surface area contributed by atoms with Gasteiger partial charge in [-0.1, -0.05) is 13.0 Å². The van der Waals surface area contributed by atoms with Gasteiger partial charge in [-0.15, -0.1) is 6.58 Å². The molecular weight excluding hydrogens is 436 g/mol. The summed E-state index contributed by atoms with van der Waals surface area (Å²) in [4.78, 5) is 11.1. The Balaban J connectivity index is 3.04. The molecule has 0 amide bonds. The van der Waals surface area contributed by atoms with Gasteiger partial charge in [0, 0.05) is 6.42 Å². The molecule has 0 atom stereocenters. The third kappa shape index (κ3) is 28.9. The molecule has 0 radical (unpaired) electrons. The second-order valence-corrected chi connectivity index (χ2v) is 6.62. The summed E-state index contributed by atoms with van der Waals surface area (Å²) in [6.45, 7) is 13.9. The Labute approximate surface area is 198 Å². The second-order valence-electron chi connectivity index (χ2n) is 6.62. The summed E-state index contributed by atoms with van der Waals surface area (Å²) < 4.78 is 47.9. The minimum atomic E-state index is -0.185. The summed E-state index contributed by atoms with van der Waals surface area (Å²) in [6, 6.07) is 0. The topological polar surface area (TPSA) is 100 Å². The minimum absolute atomic E-state index is 0.185. The van der Waals surface area contributed by atoms with Crippen LogP contribution in [0, 0.1) is 0 Å². The normalized spacial score (nSPS) is 11.1. The van der Waals surface area contributed by atoms with Gasteiger partial charge in [0.2, 0.25) is 0 Å². The highest BCUT2D eigenvalue weighted by atomic mass is 16.6. The van der Waals surface area contributed by atoms with E-state index in [-0.39, 0.29) is 12.6 Å². The van der Waals surface area contributed by atoms with Gasteiger partial charge in [0.25, 0.3) is 0 Å². The zero-order valence-corrected chi connectivity index (χ0v) is 20.3. The molecule has 33 heavy (non-hydrogen) atoms. The molecule has 0 aliphatic rings. The SMILES string of the molecule is C=CCOCCOCCOCCOCCOCCOCCOCCOCCOC(=O)CCC. The Hall–Kier alpha value is -1.11. The molecule has 196 valence electrons. The zero-order valence-electron chi connectivity index (χ0n) is 20.3. The van der Waals surface area contributed by atoms with Crippen molar-refractivity contribution in [1.29, 1.82) is 0 Å². The molecule has 0 unspecified atom stereocenters. The van der Waals surface area contributed by atoms with Crippen LogP contribution in [0.3, 0.4) is 0 Å². The van der Waals surface area contributed by atoms with Gasteiger partial charge >= 0.3 is 5.97 Å². The van der Waals surface area contributed by atoms with Crippen LogP contribution in [0.1, 0.15) is 19.8 Å². The first-order valence-corrected chi connectivity index (χ1v) is 11.7. The fraction of sp³-hybridized carbons (Fsp3) is 0.870. The first-order chi connectivity index (χ1) is 16.3. The Morgan fingerprint density at radius 1 is 0.545 bits per heavy atom. The highest BCUT2D eigenvalue weighted by Crippen LogP contribution is 1.91. The van der Waals surface area contributed by atoms with E-state index in [0.29, 0.717) is 112 Å². The van der Waals surface area contributed by atoms with E-state index >= 15 is 0 Å². The molecule has 0 aromatic carbocycles. The lowest BCUT2D eigenvalue weighted by atomic mass is 10.3. The molecule has 10 heteroatoms. The van der Waals surface area contributed by atoms with Crippen LogP contribution in [0.5, 0.6) is 0 Å². The van der Waals surface area contributed by atoms with Crippen molar-refractivity contribution < 1.29 is 47.4 Å². The van der Waals surface area contributed by atoms with Crippen molar-refractivity contribution >= 4 is 5.97 Å². The van der Waals surface area contributed by atoms with Gasteiger partial charge in [-0.25, -0.2) is 0 Å². The fourth-order valence-electron chi connectivity index (χ4n) is 2.20. The van der Waals surface area contributed by atoms with Crippen molar-refractivity contribution in [2.45, 2.75) is 19.8 Å². The van der Waals surface area contributed by atoms with Gasteiger partial charge in [-0.05, 0) is 6.42 Å². The second kappa shape index (κ2) is 28.9. The summed E-state index contributed by atoms with van der Waals surface area (Å²) in [5.74, 6) is -0.185. The van der Waals surface area contributed by atoms with Crippen LogP contribution in [0.25, 0.3) is 0 Å². The van der Waals surface area contributed by atoms with Crippen molar-refractivity contribution in [2.75, 3.05) is 112 Å². The number of hydrogen-bond acceptors (Lipinski definition) is 10. The van der Waals surface area contributed by atoms with Crippen LogP contribution in [0.4, 0.5) is 0 Å². The van der Waals surface area contributed by atoms with E-state index in [1.165, 1.54) is 0 Å². The lowest BCUT2D eigenvalue weighted by Gasteiger charge is -2.08. The molecule has 0 N–H and O–H groups in total. The molecule has 0 heterocycles.